The van der Waals surface area contributed by atoms with Gasteiger partial charge in [0.05, 0.1) is 30.8 Å². The van der Waals surface area contributed by atoms with Crippen LogP contribution in [0.2, 0.25) is 0 Å². The highest BCUT2D eigenvalue weighted by Gasteiger charge is 2.40. The molecule has 0 saturated carbocycles. The summed E-state index contributed by atoms with van der Waals surface area (Å²) in [6, 6.07) is 9.22. The maximum Gasteiger partial charge on any atom is 0.328 e. The molecule has 2 aliphatic rings. The van der Waals surface area contributed by atoms with Crippen LogP contribution in [-0.4, -0.2) is 52.9 Å². The zero-order chi connectivity index (χ0) is 17.1. The van der Waals surface area contributed by atoms with E-state index in [9.17, 15) is 14.9 Å². The highest BCUT2D eigenvalue weighted by molar-refractivity contribution is 5.96. The zero-order valence-electron chi connectivity index (χ0n) is 13.9. The summed E-state index contributed by atoms with van der Waals surface area (Å²) in [5.74, 6) is -0.139. The van der Waals surface area contributed by atoms with E-state index in [1.165, 1.54) is 18.4 Å². The van der Waals surface area contributed by atoms with Crippen LogP contribution in [0.3, 0.4) is 0 Å². The van der Waals surface area contributed by atoms with Gasteiger partial charge in [0, 0.05) is 20.1 Å². The van der Waals surface area contributed by atoms with Crippen molar-refractivity contribution in [2.24, 2.45) is 0 Å². The maximum atomic E-state index is 12.7. The Hall–Kier alpha value is -2.39. The minimum absolute atomic E-state index is 0.139. The highest BCUT2D eigenvalue weighted by atomic mass is 16.2. The average Bonchev–Trinajstić information content (AvgIpc) is 2.63. The molecule has 1 unspecified atom stereocenters. The van der Waals surface area contributed by atoms with Gasteiger partial charge in [0.15, 0.2) is 0 Å². The third-order valence-corrected chi connectivity index (χ3v) is 4.91. The molecular formula is C18H22N4O2. The molecule has 0 aromatic heterocycles. The molecule has 1 aromatic rings. The summed E-state index contributed by atoms with van der Waals surface area (Å²) in [6.07, 6.45) is 3.49. The predicted octanol–water partition coefficient (Wildman–Crippen LogP) is 2.15. The summed E-state index contributed by atoms with van der Waals surface area (Å²) < 4.78 is 0. The number of benzene rings is 1. The fraction of sp³-hybridized carbons (Fsp3) is 0.500. The van der Waals surface area contributed by atoms with Crippen molar-refractivity contribution in [1.29, 1.82) is 5.26 Å². The number of amides is 3. The number of nitrogens with zero attached hydrogens (tertiary/aromatic N) is 4. The van der Waals surface area contributed by atoms with Crippen molar-refractivity contribution in [3.05, 3.63) is 35.4 Å². The summed E-state index contributed by atoms with van der Waals surface area (Å²) >= 11 is 0. The van der Waals surface area contributed by atoms with E-state index in [-0.39, 0.29) is 18.1 Å². The Morgan fingerprint density at radius 3 is 2.58 bits per heavy atom. The van der Waals surface area contributed by atoms with Crippen LogP contribution in [0.4, 0.5) is 4.79 Å². The van der Waals surface area contributed by atoms with Gasteiger partial charge >= 0.3 is 6.03 Å². The fourth-order valence-corrected chi connectivity index (χ4v) is 3.50. The molecule has 0 spiro atoms. The van der Waals surface area contributed by atoms with Gasteiger partial charge in [-0.05, 0) is 24.5 Å². The Morgan fingerprint density at radius 2 is 1.88 bits per heavy atom. The predicted molar refractivity (Wildman–Crippen MR) is 88.7 cm³/mol. The van der Waals surface area contributed by atoms with Gasteiger partial charge in [-0.25, -0.2) is 4.79 Å². The van der Waals surface area contributed by atoms with Crippen LogP contribution in [0, 0.1) is 11.3 Å². The minimum Gasteiger partial charge on any atom is -0.304 e. The minimum atomic E-state index is -0.283. The van der Waals surface area contributed by atoms with Crippen molar-refractivity contribution in [3.8, 4) is 6.07 Å². The second kappa shape index (κ2) is 7.02. The number of rotatable bonds is 3. The highest BCUT2D eigenvalue weighted by Crippen LogP contribution is 2.25. The number of hydrogen-bond donors (Lipinski definition) is 0. The van der Waals surface area contributed by atoms with E-state index in [1.54, 1.807) is 11.0 Å². The summed E-state index contributed by atoms with van der Waals surface area (Å²) in [6.45, 7) is 2.16. The largest absolute Gasteiger partial charge is 0.328 e. The van der Waals surface area contributed by atoms with Crippen molar-refractivity contribution in [2.45, 2.75) is 38.4 Å². The third-order valence-electron chi connectivity index (χ3n) is 4.91. The van der Waals surface area contributed by atoms with E-state index in [1.807, 2.05) is 18.2 Å². The van der Waals surface area contributed by atoms with E-state index >= 15 is 0 Å². The lowest BCUT2D eigenvalue weighted by Gasteiger charge is -2.45. The van der Waals surface area contributed by atoms with Crippen molar-refractivity contribution < 1.29 is 9.59 Å². The second-order valence-corrected chi connectivity index (χ2v) is 6.41. The van der Waals surface area contributed by atoms with Crippen molar-refractivity contribution in [3.63, 3.8) is 0 Å². The van der Waals surface area contributed by atoms with Crippen molar-refractivity contribution >= 4 is 11.9 Å². The van der Waals surface area contributed by atoms with E-state index in [2.05, 4.69) is 11.0 Å². The molecule has 3 rings (SSSR count). The topological polar surface area (TPSA) is 67.7 Å². The SMILES string of the molecule is CN1C(=O)CC(N2CCCCC2)N(Cc2ccccc2C#N)C1=O. The molecule has 1 aromatic carbocycles. The lowest BCUT2D eigenvalue weighted by Crippen LogP contribution is -2.61. The lowest BCUT2D eigenvalue weighted by atomic mass is 10.0. The number of likely N-dealkylation sites (tertiary alicyclic amines) is 1. The molecule has 0 bridgehead atoms. The van der Waals surface area contributed by atoms with Crippen LogP contribution in [-0.2, 0) is 11.3 Å². The molecular weight excluding hydrogens is 304 g/mol. The van der Waals surface area contributed by atoms with Gasteiger partial charge in [0.1, 0.15) is 0 Å². The number of imide groups is 1. The van der Waals surface area contributed by atoms with Gasteiger partial charge in [-0.2, -0.15) is 5.26 Å². The van der Waals surface area contributed by atoms with Crippen LogP contribution in [0.25, 0.3) is 0 Å². The Balaban J connectivity index is 1.89. The quantitative estimate of drug-likeness (QED) is 0.853. The standard InChI is InChI=1S/C18H22N4O2/c1-20-17(23)11-16(21-9-5-2-6-10-21)22(18(20)24)13-15-8-4-3-7-14(15)12-19/h3-4,7-8,16H,2,5-6,9-11,13H2,1H3. The summed E-state index contributed by atoms with van der Waals surface area (Å²) in [5.41, 5.74) is 1.39. The van der Waals surface area contributed by atoms with Crippen LogP contribution >= 0.6 is 0 Å². The monoisotopic (exact) mass is 326 g/mol. The molecule has 3 amide bonds. The van der Waals surface area contributed by atoms with Gasteiger partial charge in [-0.1, -0.05) is 24.6 Å². The smallest absolute Gasteiger partial charge is 0.304 e. The number of nitriles is 1. The first-order valence-corrected chi connectivity index (χ1v) is 8.41. The Kier molecular flexibility index (Phi) is 4.81. The van der Waals surface area contributed by atoms with Gasteiger partial charge in [-0.3, -0.25) is 14.6 Å². The fourth-order valence-electron chi connectivity index (χ4n) is 3.50. The number of carbonyl (C=O) groups is 2. The first-order chi connectivity index (χ1) is 11.6. The second-order valence-electron chi connectivity index (χ2n) is 6.41. The summed E-state index contributed by atoms with van der Waals surface area (Å²) in [7, 11) is 1.53. The number of urea groups is 1. The van der Waals surface area contributed by atoms with Crippen molar-refractivity contribution in [1.82, 2.24) is 14.7 Å². The number of hydrogen-bond acceptors (Lipinski definition) is 4. The summed E-state index contributed by atoms with van der Waals surface area (Å²) in [5, 5.41) is 9.29. The zero-order valence-corrected chi connectivity index (χ0v) is 13.9. The van der Waals surface area contributed by atoms with Crippen LogP contribution in [0.15, 0.2) is 24.3 Å². The Morgan fingerprint density at radius 1 is 1.17 bits per heavy atom. The van der Waals surface area contributed by atoms with Crippen LogP contribution in [0.5, 0.6) is 0 Å². The molecule has 126 valence electrons. The lowest BCUT2D eigenvalue weighted by molar-refractivity contribution is -0.135. The Labute approximate surface area is 142 Å². The maximum absolute atomic E-state index is 12.7. The number of carbonyl (C=O) groups excluding carboxylic acids is 2. The molecule has 1 atom stereocenters. The van der Waals surface area contributed by atoms with Crippen molar-refractivity contribution in [2.75, 3.05) is 20.1 Å². The van der Waals surface area contributed by atoms with Crippen LogP contribution in [0.1, 0.15) is 36.8 Å². The molecule has 6 heteroatoms. The average molecular weight is 326 g/mol. The first kappa shape index (κ1) is 16.5. The van der Waals surface area contributed by atoms with Gasteiger partial charge in [0.25, 0.3) is 0 Å². The van der Waals surface area contributed by atoms with E-state index in [0.717, 1.165) is 31.5 Å². The molecule has 6 nitrogen and oxygen atoms in total. The molecule has 2 saturated heterocycles. The molecule has 2 aliphatic heterocycles. The number of piperidine rings is 1. The van der Waals surface area contributed by atoms with E-state index < -0.39 is 0 Å². The van der Waals surface area contributed by atoms with Gasteiger partial charge < -0.3 is 4.90 Å². The molecule has 0 aliphatic carbocycles. The van der Waals surface area contributed by atoms with Crippen LogP contribution < -0.4 is 0 Å². The molecule has 24 heavy (non-hydrogen) atoms. The molecule has 0 radical (unpaired) electrons. The van der Waals surface area contributed by atoms with E-state index in [0.29, 0.717) is 18.5 Å². The van der Waals surface area contributed by atoms with Gasteiger partial charge in [0.2, 0.25) is 5.91 Å². The molecule has 0 N–H and O–H groups in total. The first-order valence-electron chi connectivity index (χ1n) is 8.41. The van der Waals surface area contributed by atoms with Gasteiger partial charge in [-0.15, -0.1) is 0 Å². The summed E-state index contributed by atoms with van der Waals surface area (Å²) in [4.78, 5) is 30.1. The molecule has 2 fully saturated rings. The normalized spacial score (nSPS) is 22.6. The van der Waals surface area contributed by atoms with E-state index in [4.69, 9.17) is 0 Å². The Bertz CT molecular complexity index is 676. The third kappa shape index (κ3) is 3.13. The molecule has 2 heterocycles.